The van der Waals surface area contributed by atoms with Crippen molar-refractivity contribution in [3.63, 3.8) is 0 Å². The average Bonchev–Trinajstić information content (AvgIpc) is 2.73. The lowest BCUT2D eigenvalue weighted by atomic mass is 9.61. The van der Waals surface area contributed by atoms with Gasteiger partial charge >= 0.3 is 0 Å². The molecule has 0 radical (unpaired) electrons. The molecular formula is C22H34N4O4. The molecule has 0 bridgehead atoms. The third kappa shape index (κ3) is 4.32. The highest BCUT2D eigenvalue weighted by molar-refractivity contribution is 5.41. The van der Waals surface area contributed by atoms with Gasteiger partial charge in [-0.15, -0.1) is 0 Å². The van der Waals surface area contributed by atoms with Gasteiger partial charge in [0.2, 0.25) is 0 Å². The summed E-state index contributed by atoms with van der Waals surface area (Å²) in [6.07, 6.45) is 5.90. The van der Waals surface area contributed by atoms with E-state index < -0.39 is 0 Å². The summed E-state index contributed by atoms with van der Waals surface area (Å²) in [6.45, 7) is 7.85. The van der Waals surface area contributed by atoms with Crippen LogP contribution in [-0.2, 0) is 18.9 Å². The third-order valence-corrected chi connectivity index (χ3v) is 6.50. The van der Waals surface area contributed by atoms with Crippen LogP contribution in [0, 0.1) is 5.41 Å². The minimum Gasteiger partial charge on any atom is -0.493 e. The van der Waals surface area contributed by atoms with E-state index in [4.69, 9.17) is 18.9 Å². The summed E-state index contributed by atoms with van der Waals surface area (Å²) < 4.78 is 22.4. The van der Waals surface area contributed by atoms with Crippen LogP contribution in [0.3, 0.4) is 0 Å². The zero-order chi connectivity index (χ0) is 21.1. The Labute approximate surface area is 178 Å². The van der Waals surface area contributed by atoms with E-state index in [2.05, 4.69) is 39.3 Å². The highest BCUT2D eigenvalue weighted by atomic mass is 16.5. The van der Waals surface area contributed by atoms with Crippen molar-refractivity contribution in [3.05, 3.63) is 29.9 Å². The molecule has 2 fully saturated rings. The van der Waals surface area contributed by atoms with E-state index in [1.54, 1.807) is 20.5 Å². The molecule has 1 aromatic rings. The van der Waals surface area contributed by atoms with Gasteiger partial charge in [0.1, 0.15) is 18.2 Å². The molecule has 5 atom stereocenters. The maximum absolute atomic E-state index is 6.13. The Morgan fingerprint density at radius 1 is 1.33 bits per heavy atom. The Morgan fingerprint density at radius 2 is 2.20 bits per heavy atom. The SMILES string of the molecule is COCC(C)OC1=CCC2NC(c3cc(N4CCOC(COC)C4)ncn3)C2(C)C1. The second kappa shape index (κ2) is 9.18. The number of nitrogens with one attached hydrogen (secondary N) is 1. The molecular weight excluding hydrogens is 384 g/mol. The van der Waals surface area contributed by atoms with Crippen LogP contribution in [0.5, 0.6) is 0 Å². The Bertz CT molecular complexity index is 758. The van der Waals surface area contributed by atoms with Gasteiger partial charge in [-0.05, 0) is 19.4 Å². The number of allylic oxidation sites excluding steroid dienone is 1. The molecule has 166 valence electrons. The Kier molecular flexibility index (Phi) is 6.57. The van der Waals surface area contributed by atoms with Crippen LogP contribution in [0.1, 0.15) is 38.4 Å². The number of morpholine rings is 1. The molecule has 5 unspecified atom stereocenters. The molecule has 2 saturated heterocycles. The van der Waals surface area contributed by atoms with E-state index >= 15 is 0 Å². The largest absolute Gasteiger partial charge is 0.493 e. The Morgan fingerprint density at radius 3 is 3.00 bits per heavy atom. The maximum atomic E-state index is 6.13. The zero-order valence-electron chi connectivity index (χ0n) is 18.5. The van der Waals surface area contributed by atoms with Gasteiger partial charge in [0.25, 0.3) is 0 Å². The van der Waals surface area contributed by atoms with Crippen molar-refractivity contribution in [1.82, 2.24) is 15.3 Å². The van der Waals surface area contributed by atoms with Crippen molar-refractivity contribution in [2.75, 3.05) is 52.0 Å². The normalized spacial score (nSPS) is 32.1. The van der Waals surface area contributed by atoms with Gasteiger partial charge in [-0.1, -0.05) is 6.92 Å². The minimum absolute atomic E-state index is 0.0555. The summed E-state index contributed by atoms with van der Waals surface area (Å²) in [5.74, 6) is 2.02. The van der Waals surface area contributed by atoms with Crippen molar-refractivity contribution in [1.29, 1.82) is 0 Å². The summed E-state index contributed by atoms with van der Waals surface area (Å²) in [4.78, 5) is 11.4. The van der Waals surface area contributed by atoms with Gasteiger partial charge < -0.3 is 29.2 Å². The van der Waals surface area contributed by atoms with E-state index in [0.717, 1.165) is 43.2 Å². The molecule has 1 N–H and O–H groups in total. The molecule has 8 heteroatoms. The molecule has 30 heavy (non-hydrogen) atoms. The topological polar surface area (TPSA) is 78.0 Å². The number of hydrogen-bond donors (Lipinski definition) is 1. The van der Waals surface area contributed by atoms with Crippen LogP contribution in [0.2, 0.25) is 0 Å². The van der Waals surface area contributed by atoms with Gasteiger partial charge in [0, 0.05) is 51.3 Å². The molecule has 8 nitrogen and oxygen atoms in total. The van der Waals surface area contributed by atoms with E-state index in [9.17, 15) is 0 Å². The first-order chi connectivity index (χ1) is 14.5. The number of rotatable bonds is 8. The molecule has 1 aromatic heterocycles. The van der Waals surface area contributed by atoms with E-state index in [0.29, 0.717) is 25.9 Å². The van der Waals surface area contributed by atoms with Crippen molar-refractivity contribution in [3.8, 4) is 0 Å². The van der Waals surface area contributed by atoms with Gasteiger partial charge in [-0.25, -0.2) is 9.97 Å². The Hall–Kier alpha value is -1.74. The predicted molar refractivity (Wildman–Crippen MR) is 113 cm³/mol. The number of aromatic nitrogens is 2. The van der Waals surface area contributed by atoms with Crippen molar-refractivity contribution in [2.45, 2.75) is 51.0 Å². The van der Waals surface area contributed by atoms with Crippen LogP contribution >= 0.6 is 0 Å². The monoisotopic (exact) mass is 418 g/mol. The molecule has 3 aliphatic rings. The summed E-state index contributed by atoms with van der Waals surface area (Å²) in [5, 5.41) is 3.72. The Balaban J connectivity index is 1.45. The van der Waals surface area contributed by atoms with Crippen LogP contribution in [0.25, 0.3) is 0 Å². The number of nitrogens with zero attached hydrogens (tertiary/aromatic N) is 3. The standard InChI is InChI=1S/C22H34N4O4/c1-15(12-27-3)30-16-5-6-19-22(2,10-16)21(25-19)18-9-20(24-14-23-18)26-7-8-29-17(11-26)13-28-4/h5,9,14-15,17,19,21,25H,6-8,10-13H2,1-4H3. The molecule has 0 saturated carbocycles. The lowest BCUT2D eigenvalue weighted by Gasteiger charge is -2.57. The molecule has 0 amide bonds. The first-order valence-corrected chi connectivity index (χ1v) is 10.8. The molecule has 2 aliphatic heterocycles. The van der Waals surface area contributed by atoms with Crippen LogP contribution in [0.15, 0.2) is 24.2 Å². The van der Waals surface area contributed by atoms with Gasteiger partial charge in [0.15, 0.2) is 0 Å². The van der Waals surface area contributed by atoms with Crippen LogP contribution in [0.4, 0.5) is 5.82 Å². The fourth-order valence-electron chi connectivity index (χ4n) is 4.89. The predicted octanol–water partition coefficient (Wildman–Crippen LogP) is 2.08. The van der Waals surface area contributed by atoms with Gasteiger partial charge in [-0.2, -0.15) is 0 Å². The van der Waals surface area contributed by atoms with Crippen molar-refractivity contribution >= 4 is 5.82 Å². The smallest absolute Gasteiger partial charge is 0.132 e. The fourth-order valence-corrected chi connectivity index (χ4v) is 4.89. The third-order valence-electron chi connectivity index (χ3n) is 6.50. The number of methoxy groups -OCH3 is 2. The molecule has 0 spiro atoms. The quantitative estimate of drug-likeness (QED) is 0.688. The first kappa shape index (κ1) is 21.5. The van der Waals surface area contributed by atoms with Crippen LogP contribution in [-0.4, -0.2) is 75.3 Å². The van der Waals surface area contributed by atoms with Gasteiger partial charge in [0.05, 0.1) is 43.4 Å². The number of anilines is 1. The van der Waals surface area contributed by atoms with Crippen molar-refractivity contribution in [2.24, 2.45) is 5.41 Å². The summed E-state index contributed by atoms with van der Waals surface area (Å²) in [7, 11) is 3.41. The van der Waals surface area contributed by atoms with E-state index in [1.807, 2.05) is 6.92 Å². The number of hydrogen-bond acceptors (Lipinski definition) is 8. The van der Waals surface area contributed by atoms with Crippen LogP contribution < -0.4 is 10.2 Å². The minimum atomic E-state index is 0.0555. The number of fused-ring (bicyclic) bond motifs is 1. The molecule has 3 heterocycles. The average molecular weight is 419 g/mol. The summed E-state index contributed by atoms with van der Waals surface area (Å²) in [5.41, 5.74) is 1.12. The fraction of sp³-hybridized carbons (Fsp3) is 0.727. The second-order valence-electron chi connectivity index (χ2n) is 8.82. The van der Waals surface area contributed by atoms with Crippen molar-refractivity contribution < 1.29 is 18.9 Å². The highest BCUT2D eigenvalue weighted by Crippen LogP contribution is 2.53. The van der Waals surface area contributed by atoms with E-state index in [-0.39, 0.29) is 23.7 Å². The zero-order valence-corrected chi connectivity index (χ0v) is 18.5. The lowest BCUT2D eigenvalue weighted by molar-refractivity contribution is -0.0213. The summed E-state index contributed by atoms with van der Waals surface area (Å²) in [6, 6.07) is 2.76. The summed E-state index contributed by atoms with van der Waals surface area (Å²) >= 11 is 0. The maximum Gasteiger partial charge on any atom is 0.132 e. The first-order valence-electron chi connectivity index (χ1n) is 10.8. The molecule has 1 aliphatic carbocycles. The second-order valence-corrected chi connectivity index (χ2v) is 8.82. The molecule has 4 rings (SSSR count). The van der Waals surface area contributed by atoms with E-state index in [1.165, 1.54) is 0 Å². The number of ether oxygens (including phenoxy) is 4. The molecule has 0 aromatic carbocycles. The highest BCUT2D eigenvalue weighted by Gasteiger charge is 2.54. The lowest BCUT2D eigenvalue weighted by Crippen LogP contribution is -2.64. The van der Waals surface area contributed by atoms with Gasteiger partial charge in [-0.3, -0.25) is 0 Å².